The molecule has 1 saturated heterocycles. The molecule has 3 heterocycles. The van der Waals surface area contributed by atoms with Crippen molar-refractivity contribution in [2.45, 2.75) is 25.0 Å². The standard InChI is InChI=1S/C27H23Cl2FN6O/c28-22-9-19(1-2-24(22)30)36-25-17(11-31)14-35-26-21(25)8-20(10-23(26)29)34-13-16-7-18(15-33-12-16)27(37)3-5-32-6-4-27/h1-2,7-10,12,14-15,32,34,37H,3-6,13H2,(H,35,36). The zero-order chi connectivity index (χ0) is 26.0. The lowest BCUT2D eigenvalue weighted by atomic mass is 9.85. The summed E-state index contributed by atoms with van der Waals surface area (Å²) in [6.07, 6.45) is 6.18. The summed E-state index contributed by atoms with van der Waals surface area (Å²) in [7, 11) is 0. The van der Waals surface area contributed by atoms with Crippen molar-refractivity contribution in [3.05, 3.63) is 87.5 Å². The number of aromatic nitrogens is 2. The Morgan fingerprint density at radius 1 is 1.05 bits per heavy atom. The minimum atomic E-state index is -0.885. The van der Waals surface area contributed by atoms with Crippen molar-refractivity contribution in [3.8, 4) is 6.07 Å². The van der Waals surface area contributed by atoms with Gasteiger partial charge in [-0.2, -0.15) is 5.26 Å². The van der Waals surface area contributed by atoms with E-state index in [1.807, 2.05) is 12.1 Å². The third-order valence-electron chi connectivity index (χ3n) is 6.49. The van der Waals surface area contributed by atoms with Crippen molar-refractivity contribution in [1.82, 2.24) is 15.3 Å². The van der Waals surface area contributed by atoms with E-state index in [4.69, 9.17) is 23.2 Å². The summed E-state index contributed by atoms with van der Waals surface area (Å²) in [4.78, 5) is 8.71. The summed E-state index contributed by atoms with van der Waals surface area (Å²) >= 11 is 12.5. The summed E-state index contributed by atoms with van der Waals surface area (Å²) < 4.78 is 13.6. The molecule has 4 aromatic rings. The summed E-state index contributed by atoms with van der Waals surface area (Å²) in [5.41, 5.74) is 3.35. The van der Waals surface area contributed by atoms with E-state index in [1.165, 1.54) is 24.4 Å². The molecule has 37 heavy (non-hydrogen) atoms. The molecule has 188 valence electrons. The van der Waals surface area contributed by atoms with Gasteiger partial charge in [0.2, 0.25) is 0 Å². The molecule has 4 N–H and O–H groups in total. The highest BCUT2D eigenvalue weighted by Crippen LogP contribution is 2.36. The van der Waals surface area contributed by atoms with Crippen molar-refractivity contribution in [2.24, 2.45) is 0 Å². The fourth-order valence-electron chi connectivity index (χ4n) is 4.47. The highest BCUT2D eigenvalue weighted by Gasteiger charge is 2.31. The van der Waals surface area contributed by atoms with Gasteiger partial charge in [-0.1, -0.05) is 23.2 Å². The number of nitriles is 1. The first-order chi connectivity index (χ1) is 17.9. The van der Waals surface area contributed by atoms with Crippen LogP contribution in [-0.4, -0.2) is 28.2 Å². The molecule has 0 radical (unpaired) electrons. The monoisotopic (exact) mass is 536 g/mol. The molecule has 1 fully saturated rings. The van der Waals surface area contributed by atoms with Crippen LogP contribution in [0.4, 0.5) is 21.5 Å². The van der Waals surface area contributed by atoms with Crippen molar-refractivity contribution in [1.29, 1.82) is 5.26 Å². The van der Waals surface area contributed by atoms with Gasteiger partial charge in [-0.3, -0.25) is 9.97 Å². The molecule has 2 aromatic heterocycles. The quantitative estimate of drug-likeness (QED) is 0.244. The first-order valence-electron chi connectivity index (χ1n) is 11.7. The van der Waals surface area contributed by atoms with Gasteiger partial charge in [0.05, 0.1) is 32.4 Å². The van der Waals surface area contributed by atoms with Gasteiger partial charge in [-0.05, 0) is 67.9 Å². The van der Waals surface area contributed by atoms with E-state index in [2.05, 4.69) is 32.0 Å². The van der Waals surface area contributed by atoms with Crippen LogP contribution in [0, 0.1) is 17.1 Å². The van der Waals surface area contributed by atoms with E-state index >= 15 is 0 Å². The van der Waals surface area contributed by atoms with Crippen molar-refractivity contribution >= 4 is 51.2 Å². The Hall–Kier alpha value is -3.48. The molecule has 0 spiro atoms. The number of benzene rings is 2. The van der Waals surface area contributed by atoms with E-state index in [9.17, 15) is 14.8 Å². The third-order valence-corrected chi connectivity index (χ3v) is 7.07. The number of anilines is 3. The lowest BCUT2D eigenvalue weighted by Gasteiger charge is -2.33. The maximum atomic E-state index is 13.6. The molecule has 0 unspecified atom stereocenters. The Morgan fingerprint density at radius 2 is 1.84 bits per heavy atom. The van der Waals surface area contributed by atoms with Crippen LogP contribution in [0.25, 0.3) is 10.9 Å². The predicted octanol–water partition coefficient (Wildman–Crippen LogP) is 5.87. The van der Waals surface area contributed by atoms with Gasteiger partial charge in [-0.15, -0.1) is 0 Å². The molecular formula is C27H23Cl2FN6O. The van der Waals surface area contributed by atoms with Crippen LogP contribution in [0.5, 0.6) is 0 Å². The van der Waals surface area contributed by atoms with Gasteiger partial charge in [0.25, 0.3) is 0 Å². The van der Waals surface area contributed by atoms with Gasteiger partial charge in [-0.25, -0.2) is 4.39 Å². The van der Waals surface area contributed by atoms with E-state index in [-0.39, 0.29) is 5.02 Å². The second kappa shape index (κ2) is 10.5. The average molecular weight is 537 g/mol. The molecule has 0 atom stereocenters. The van der Waals surface area contributed by atoms with Gasteiger partial charge in [0, 0.05) is 47.5 Å². The average Bonchev–Trinajstić information content (AvgIpc) is 2.90. The summed E-state index contributed by atoms with van der Waals surface area (Å²) in [6, 6.07) is 12.0. The van der Waals surface area contributed by atoms with E-state index in [0.717, 1.165) is 24.2 Å². The largest absolute Gasteiger partial charge is 0.385 e. The number of hydrogen-bond donors (Lipinski definition) is 4. The number of rotatable bonds is 6. The maximum absolute atomic E-state index is 13.6. The molecule has 7 nitrogen and oxygen atoms in total. The van der Waals surface area contributed by atoms with E-state index in [0.29, 0.717) is 57.9 Å². The van der Waals surface area contributed by atoms with Crippen LogP contribution < -0.4 is 16.0 Å². The smallest absolute Gasteiger partial charge is 0.141 e. The number of hydrogen-bond acceptors (Lipinski definition) is 7. The van der Waals surface area contributed by atoms with Crippen molar-refractivity contribution in [3.63, 3.8) is 0 Å². The third kappa shape index (κ3) is 5.31. The first-order valence-corrected chi connectivity index (χ1v) is 12.5. The topological polar surface area (TPSA) is 106 Å². The number of aliphatic hydroxyl groups is 1. The molecule has 2 aromatic carbocycles. The fourth-order valence-corrected chi connectivity index (χ4v) is 4.92. The summed E-state index contributed by atoms with van der Waals surface area (Å²) in [6.45, 7) is 1.96. The minimum Gasteiger partial charge on any atom is -0.385 e. The highest BCUT2D eigenvalue weighted by molar-refractivity contribution is 6.36. The first kappa shape index (κ1) is 25.2. The minimum absolute atomic E-state index is 0.0350. The molecule has 0 aliphatic carbocycles. The van der Waals surface area contributed by atoms with Gasteiger partial charge < -0.3 is 21.1 Å². The van der Waals surface area contributed by atoms with Crippen molar-refractivity contribution in [2.75, 3.05) is 23.7 Å². The second-order valence-corrected chi connectivity index (χ2v) is 9.80. The zero-order valence-corrected chi connectivity index (χ0v) is 21.2. The normalized spacial score (nSPS) is 14.8. The number of fused-ring (bicyclic) bond motifs is 1. The Morgan fingerprint density at radius 3 is 2.59 bits per heavy atom. The number of nitrogens with one attached hydrogen (secondary N) is 3. The Kier molecular flexibility index (Phi) is 7.13. The number of halogens is 3. The Balaban J connectivity index is 1.45. The number of pyridine rings is 2. The van der Waals surface area contributed by atoms with Crippen LogP contribution in [-0.2, 0) is 12.1 Å². The molecule has 1 aliphatic rings. The number of nitrogens with zero attached hydrogens (tertiary/aromatic N) is 3. The second-order valence-electron chi connectivity index (χ2n) is 8.98. The highest BCUT2D eigenvalue weighted by atomic mass is 35.5. The van der Waals surface area contributed by atoms with Gasteiger partial charge in [0.1, 0.15) is 11.9 Å². The molecule has 10 heteroatoms. The van der Waals surface area contributed by atoms with Crippen LogP contribution >= 0.6 is 23.2 Å². The Labute approximate surface area is 223 Å². The zero-order valence-electron chi connectivity index (χ0n) is 19.7. The molecule has 0 saturated carbocycles. The molecule has 1 aliphatic heterocycles. The van der Waals surface area contributed by atoms with Crippen LogP contribution in [0.15, 0.2) is 55.0 Å². The molecule has 0 amide bonds. The maximum Gasteiger partial charge on any atom is 0.141 e. The lowest BCUT2D eigenvalue weighted by molar-refractivity contribution is 0.00557. The SMILES string of the molecule is N#Cc1cnc2c(Cl)cc(NCc3cncc(C4(O)CCNCC4)c3)cc2c1Nc1ccc(F)c(Cl)c1. The summed E-state index contributed by atoms with van der Waals surface area (Å²) in [5, 5.41) is 31.5. The predicted molar refractivity (Wildman–Crippen MR) is 144 cm³/mol. The van der Waals surface area contributed by atoms with E-state index in [1.54, 1.807) is 18.5 Å². The molecular weight excluding hydrogens is 514 g/mol. The van der Waals surface area contributed by atoms with E-state index < -0.39 is 11.4 Å². The lowest BCUT2D eigenvalue weighted by Crippen LogP contribution is -2.39. The molecule has 0 bridgehead atoms. The number of piperidine rings is 1. The van der Waals surface area contributed by atoms with Crippen molar-refractivity contribution < 1.29 is 9.50 Å². The van der Waals surface area contributed by atoms with Crippen LogP contribution in [0.2, 0.25) is 10.0 Å². The van der Waals surface area contributed by atoms with Crippen LogP contribution in [0.3, 0.4) is 0 Å². The summed E-state index contributed by atoms with van der Waals surface area (Å²) in [5.74, 6) is -0.535. The van der Waals surface area contributed by atoms with Gasteiger partial charge >= 0.3 is 0 Å². The Bertz CT molecular complexity index is 1520. The fraction of sp³-hybridized carbons (Fsp3) is 0.222. The van der Waals surface area contributed by atoms with Gasteiger partial charge in [0.15, 0.2) is 0 Å². The molecule has 5 rings (SSSR count). The van der Waals surface area contributed by atoms with Crippen LogP contribution in [0.1, 0.15) is 29.5 Å².